The number of carbonyl (C=O) groups is 3. The van der Waals surface area contributed by atoms with Crippen LogP contribution >= 0.6 is 15.9 Å². The zero-order chi connectivity index (χ0) is 24.5. The normalized spacial score (nSPS) is 29.3. The number of anilines is 1. The van der Waals surface area contributed by atoms with Gasteiger partial charge < -0.3 is 0 Å². The number of nitrogens with zero attached hydrogens (tertiary/aromatic N) is 1. The van der Waals surface area contributed by atoms with Gasteiger partial charge >= 0.3 is 0 Å². The minimum absolute atomic E-state index is 0.00244. The first kappa shape index (κ1) is 22.2. The second-order valence-electron chi connectivity index (χ2n) is 9.78. The van der Waals surface area contributed by atoms with E-state index in [4.69, 9.17) is 0 Å². The molecule has 0 unspecified atom stereocenters. The Morgan fingerprint density at radius 2 is 1.26 bits per heavy atom. The molecule has 4 nitrogen and oxygen atoms in total. The Hall–Kier alpha value is -3.31. The van der Waals surface area contributed by atoms with Crippen LogP contribution in [0, 0.1) is 22.7 Å². The Kier molecular flexibility index (Phi) is 4.81. The number of rotatable bonds is 4. The summed E-state index contributed by atoms with van der Waals surface area (Å²) in [5.41, 5.74) is 2.05. The fourth-order valence-electron chi connectivity index (χ4n) is 6.97. The number of ketones is 1. The van der Waals surface area contributed by atoms with E-state index >= 15 is 0 Å². The monoisotopic (exact) mass is 525 g/mol. The van der Waals surface area contributed by atoms with Gasteiger partial charge in [0.15, 0.2) is 5.78 Å². The first-order valence-corrected chi connectivity index (χ1v) is 12.7. The summed E-state index contributed by atoms with van der Waals surface area (Å²) in [5.74, 6) is -2.01. The molecule has 2 amide bonds. The molecule has 3 aliphatic rings. The van der Waals surface area contributed by atoms with Gasteiger partial charge in [0.2, 0.25) is 11.8 Å². The van der Waals surface area contributed by atoms with E-state index < -0.39 is 22.7 Å². The summed E-state index contributed by atoms with van der Waals surface area (Å²) in [5, 5.41) is 0. The summed E-state index contributed by atoms with van der Waals surface area (Å²) in [6.07, 6.45) is 0.455. The molecule has 3 aromatic rings. The summed E-state index contributed by atoms with van der Waals surface area (Å²) >= 11 is 3.43. The lowest BCUT2D eigenvalue weighted by molar-refractivity contribution is -0.134. The van der Waals surface area contributed by atoms with E-state index in [9.17, 15) is 14.4 Å². The van der Waals surface area contributed by atoms with Crippen LogP contribution in [0.1, 0.15) is 31.4 Å². The van der Waals surface area contributed by atoms with Crippen molar-refractivity contribution < 1.29 is 14.4 Å². The number of imide groups is 1. The van der Waals surface area contributed by atoms with Gasteiger partial charge in [-0.15, -0.1) is 0 Å². The van der Waals surface area contributed by atoms with Crippen molar-refractivity contribution in [2.45, 2.75) is 20.3 Å². The first-order chi connectivity index (χ1) is 16.9. The first-order valence-electron chi connectivity index (χ1n) is 11.9. The summed E-state index contributed by atoms with van der Waals surface area (Å²) < 4.78 is 0.868. The fourth-order valence-corrected chi connectivity index (χ4v) is 7.24. The lowest BCUT2D eigenvalue weighted by Crippen LogP contribution is -2.41. The number of benzene rings is 3. The Morgan fingerprint density at radius 3 is 1.80 bits per heavy atom. The van der Waals surface area contributed by atoms with Crippen molar-refractivity contribution in [3.05, 3.63) is 101 Å². The molecule has 2 aliphatic carbocycles. The van der Waals surface area contributed by atoms with Crippen molar-refractivity contribution >= 4 is 50.4 Å². The van der Waals surface area contributed by atoms with E-state index in [1.54, 1.807) is 12.1 Å². The molecule has 0 spiro atoms. The van der Waals surface area contributed by atoms with Crippen molar-refractivity contribution in [2.24, 2.45) is 22.7 Å². The zero-order valence-electron chi connectivity index (χ0n) is 19.5. The van der Waals surface area contributed by atoms with E-state index in [1.165, 1.54) is 4.90 Å². The topological polar surface area (TPSA) is 54.5 Å². The summed E-state index contributed by atoms with van der Waals surface area (Å²) in [4.78, 5) is 43.8. The van der Waals surface area contributed by atoms with Gasteiger partial charge in [0.1, 0.15) is 0 Å². The second-order valence-corrected chi connectivity index (χ2v) is 10.7. The van der Waals surface area contributed by atoms with E-state index in [0.717, 1.165) is 26.7 Å². The number of halogens is 1. The Labute approximate surface area is 212 Å². The standard InChI is InChI=1S/C30H24BrNO3/c1-3-30-23(19-12-8-5-9-13-19)22(18-10-6-4-7-11-18)29(2,28(30)35)24-25(30)27(34)32(26(24)33)21-16-14-20(31)15-17-21/h4-17,24-25H,3H2,1-2H3/t24-,25-,29-,30+/m0/s1. The third-order valence-electron chi connectivity index (χ3n) is 8.32. The zero-order valence-corrected chi connectivity index (χ0v) is 21.1. The molecular formula is C30H24BrNO3. The summed E-state index contributed by atoms with van der Waals surface area (Å²) in [7, 11) is 0. The number of hydrogen-bond donors (Lipinski definition) is 0. The largest absolute Gasteiger partial charge is 0.298 e. The van der Waals surface area contributed by atoms with Crippen molar-refractivity contribution in [2.75, 3.05) is 4.90 Å². The van der Waals surface area contributed by atoms with Crippen LogP contribution in [0.5, 0.6) is 0 Å². The van der Waals surface area contributed by atoms with Gasteiger partial charge in [-0.3, -0.25) is 14.4 Å². The highest BCUT2D eigenvalue weighted by Gasteiger charge is 2.79. The summed E-state index contributed by atoms with van der Waals surface area (Å²) in [6.45, 7) is 3.86. The number of allylic oxidation sites excluding steroid dienone is 2. The third-order valence-corrected chi connectivity index (χ3v) is 8.85. The lowest BCUT2D eigenvalue weighted by Gasteiger charge is -2.37. The molecule has 35 heavy (non-hydrogen) atoms. The molecule has 0 aromatic heterocycles. The van der Waals surface area contributed by atoms with Gasteiger partial charge in [0.25, 0.3) is 0 Å². The number of fused-ring (bicyclic) bond motifs is 5. The smallest absolute Gasteiger partial charge is 0.239 e. The van der Waals surface area contributed by atoms with Crippen molar-refractivity contribution in [3.63, 3.8) is 0 Å². The van der Waals surface area contributed by atoms with Gasteiger partial charge in [0, 0.05) is 4.47 Å². The molecule has 0 N–H and O–H groups in total. The second kappa shape index (κ2) is 7.59. The van der Waals surface area contributed by atoms with Gasteiger partial charge in [-0.1, -0.05) is 83.5 Å². The highest BCUT2D eigenvalue weighted by Crippen LogP contribution is 2.74. The fraction of sp³-hybridized carbons (Fsp3) is 0.233. The van der Waals surface area contributed by atoms with Crippen LogP contribution in [0.25, 0.3) is 11.1 Å². The minimum atomic E-state index is -1.09. The number of carbonyl (C=O) groups excluding carboxylic acids is 3. The minimum Gasteiger partial charge on any atom is -0.298 e. The van der Waals surface area contributed by atoms with Crippen molar-refractivity contribution in [3.8, 4) is 0 Å². The molecule has 1 aliphatic heterocycles. The Morgan fingerprint density at radius 1 is 0.743 bits per heavy atom. The molecule has 174 valence electrons. The molecule has 5 heteroatoms. The van der Waals surface area contributed by atoms with Crippen LogP contribution in [-0.2, 0) is 14.4 Å². The van der Waals surface area contributed by atoms with E-state index in [1.807, 2.05) is 86.6 Å². The molecule has 1 heterocycles. The van der Waals surface area contributed by atoms with E-state index in [-0.39, 0.29) is 17.6 Å². The average molecular weight is 526 g/mol. The molecule has 4 atom stereocenters. The van der Waals surface area contributed by atoms with Gasteiger partial charge in [-0.05, 0) is 59.9 Å². The highest BCUT2D eigenvalue weighted by atomic mass is 79.9. The van der Waals surface area contributed by atoms with Gasteiger partial charge in [-0.2, -0.15) is 0 Å². The predicted octanol–water partition coefficient (Wildman–Crippen LogP) is 6.16. The van der Waals surface area contributed by atoms with Crippen molar-refractivity contribution in [1.82, 2.24) is 0 Å². The van der Waals surface area contributed by atoms with E-state index in [2.05, 4.69) is 15.9 Å². The molecular weight excluding hydrogens is 502 g/mol. The molecule has 0 radical (unpaired) electrons. The summed E-state index contributed by atoms with van der Waals surface area (Å²) in [6, 6.07) is 26.9. The Balaban J connectivity index is 1.64. The van der Waals surface area contributed by atoms with Crippen molar-refractivity contribution in [1.29, 1.82) is 0 Å². The number of hydrogen-bond acceptors (Lipinski definition) is 3. The maximum absolute atomic E-state index is 14.4. The van der Waals surface area contributed by atoms with Crippen LogP contribution in [0.3, 0.4) is 0 Å². The molecule has 1 saturated heterocycles. The van der Waals surface area contributed by atoms with Crippen LogP contribution in [0.15, 0.2) is 89.4 Å². The lowest BCUT2D eigenvalue weighted by atomic mass is 9.62. The van der Waals surface area contributed by atoms with Crippen LogP contribution in [-0.4, -0.2) is 17.6 Å². The van der Waals surface area contributed by atoms with Crippen LogP contribution in [0.2, 0.25) is 0 Å². The molecule has 1 saturated carbocycles. The SMILES string of the molecule is CC[C@@]12C(=O)[C@@](C)(C(c3ccccc3)=C1c1ccccc1)[C@@H]1C(=O)N(c3ccc(Br)cc3)C(=O)[C@H]12. The molecule has 6 rings (SSSR count). The quantitative estimate of drug-likeness (QED) is 0.383. The maximum atomic E-state index is 14.4. The maximum Gasteiger partial charge on any atom is 0.239 e. The molecule has 3 aromatic carbocycles. The van der Waals surface area contributed by atoms with Gasteiger partial charge in [-0.25, -0.2) is 4.90 Å². The van der Waals surface area contributed by atoms with Gasteiger partial charge in [0.05, 0.1) is 28.4 Å². The van der Waals surface area contributed by atoms with E-state index in [0.29, 0.717) is 12.1 Å². The molecule has 2 fully saturated rings. The Bertz CT molecular complexity index is 1410. The highest BCUT2D eigenvalue weighted by molar-refractivity contribution is 9.10. The third kappa shape index (κ3) is 2.65. The average Bonchev–Trinajstić information content (AvgIpc) is 3.35. The van der Waals surface area contributed by atoms with Crippen LogP contribution in [0.4, 0.5) is 5.69 Å². The number of amides is 2. The molecule has 2 bridgehead atoms. The number of Topliss-reactive ketones (excluding diaryl/α,β-unsaturated/α-hetero) is 1. The predicted molar refractivity (Wildman–Crippen MR) is 139 cm³/mol. The van der Waals surface area contributed by atoms with Crippen LogP contribution < -0.4 is 4.90 Å².